The van der Waals surface area contributed by atoms with Gasteiger partial charge in [0.1, 0.15) is 5.82 Å². The van der Waals surface area contributed by atoms with Crippen molar-refractivity contribution in [1.29, 1.82) is 0 Å². The van der Waals surface area contributed by atoms with E-state index in [0.29, 0.717) is 17.9 Å². The van der Waals surface area contributed by atoms with Crippen molar-refractivity contribution in [2.45, 2.75) is 84.7 Å². The number of likely N-dealkylation sites (N-methyl/N-ethyl adjacent to an activating group) is 1. The van der Waals surface area contributed by atoms with Gasteiger partial charge in [-0.3, -0.25) is 0 Å². The van der Waals surface area contributed by atoms with Crippen LogP contribution >= 0.6 is 11.9 Å². The fourth-order valence-electron chi connectivity index (χ4n) is 4.55. The average molecular weight is 562 g/mol. The number of rotatable bonds is 11. The normalized spacial score (nSPS) is 20.7. The smallest absolute Gasteiger partial charge is 0.250 e. The van der Waals surface area contributed by atoms with Crippen LogP contribution in [-0.2, 0) is 0 Å². The highest BCUT2D eigenvalue weighted by Crippen LogP contribution is 2.40. The van der Waals surface area contributed by atoms with Crippen molar-refractivity contribution in [1.82, 2.24) is 19.7 Å². The van der Waals surface area contributed by atoms with Crippen LogP contribution in [0.1, 0.15) is 72.8 Å². The van der Waals surface area contributed by atoms with Crippen LogP contribution in [0.2, 0.25) is 0 Å². The van der Waals surface area contributed by atoms with Gasteiger partial charge in [-0.1, -0.05) is 20.4 Å². The van der Waals surface area contributed by atoms with Crippen molar-refractivity contribution in [2.24, 2.45) is 16.1 Å². The van der Waals surface area contributed by atoms with Crippen molar-refractivity contribution < 1.29 is 8.78 Å². The zero-order chi connectivity index (χ0) is 29.2. The number of hydrazine groups is 1. The zero-order valence-electron chi connectivity index (χ0n) is 24.7. The van der Waals surface area contributed by atoms with Gasteiger partial charge < -0.3 is 20.4 Å². The first-order valence-electron chi connectivity index (χ1n) is 13.5. The molecular weight excluding hydrogens is 516 g/mol. The Balaban J connectivity index is 1.78. The first kappa shape index (κ1) is 30.9. The molecule has 3 rings (SSSR count). The maximum Gasteiger partial charge on any atom is 0.250 e. The van der Waals surface area contributed by atoms with Gasteiger partial charge in [-0.05, 0) is 83.5 Å². The number of alkyl halides is 2. The van der Waals surface area contributed by atoms with E-state index in [4.69, 9.17) is 10.7 Å². The molecular formula is C29H45F2N7S. The molecule has 10 heteroatoms. The van der Waals surface area contributed by atoms with E-state index in [1.807, 2.05) is 19.2 Å². The average Bonchev–Trinajstić information content (AvgIpc) is 3.33. The Morgan fingerprint density at radius 1 is 1.31 bits per heavy atom. The Morgan fingerprint density at radius 2 is 2.00 bits per heavy atom. The molecule has 0 aliphatic carbocycles. The van der Waals surface area contributed by atoms with Crippen molar-refractivity contribution in [3.05, 3.63) is 47.2 Å². The molecule has 2 aliphatic heterocycles. The van der Waals surface area contributed by atoms with Gasteiger partial charge in [0.15, 0.2) is 5.82 Å². The van der Waals surface area contributed by atoms with E-state index in [2.05, 4.69) is 65.2 Å². The monoisotopic (exact) mass is 561 g/mol. The minimum Gasteiger partial charge on any atom is -0.402 e. The topological polar surface area (TPSA) is 73.0 Å². The number of allylic oxidation sites excluding steroid dienone is 2. The molecule has 0 aromatic carbocycles. The van der Waals surface area contributed by atoms with E-state index in [1.54, 1.807) is 38.1 Å². The lowest BCUT2D eigenvalue weighted by Gasteiger charge is -2.34. The number of pyridine rings is 1. The quantitative estimate of drug-likeness (QED) is 0.230. The van der Waals surface area contributed by atoms with Crippen molar-refractivity contribution in [3.8, 4) is 0 Å². The Bertz CT molecular complexity index is 1140. The fraction of sp³-hybridized carbons (Fsp3) is 0.586. The van der Waals surface area contributed by atoms with Crippen molar-refractivity contribution in [3.63, 3.8) is 0 Å². The molecule has 0 radical (unpaired) electrons. The summed E-state index contributed by atoms with van der Waals surface area (Å²) in [5.74, 6) is -1.38. The van der Waals surface area contributed by atoms with Gasteiger partial charge in [0.25, 0.3) is 0 Å². The Kier molecular flexibility index (Phi) is 9.43. The van der Waals surface area contributed by atoms with Gasteiger partial charge >= 0.3 is 0 Å². The summed E-state index contributed by atoms with van der Waals surface area (Å²) in [6.07, 6.45) is 8.19. The Hall–Kier alpha value is -2.59. The molecule has 0 saturated carbocycles. The number of anilines is 1. The summed E-state index contributed by atoms with van der Waals surface area (Å²) < 4.78 is 31.0. The van der Waals surface area contributed by atoms with E-state index in [0.717, 1.165) is 43.4 Å². The summed E-state index contributed by atoms with van der Waals surface area (Å²) in [6.45, 7) is 15.9. The molecule has 3 heterocycles. The van der Waals surface area contributed by atoms with E-state index in [-0.39, 0.29) is 18.0 Å². The second kappa shape index (κ2) is 11.9. The van der Waals surface area contributed by atoms with Crippen molar-refractivity contribution >= 4 is 35.5 Å². The number of halogens is 2. The summed E-state index contributed by atoms with van der Waals surface area (Å²) in [5, 5.41) is 4.24. The van der Waals surface area contributed by atoms with Gasteiger partial charge in [0.05, 0.1) is 6.04 Å². The summed E-state index contributed by atoms with van der Waals surface area (Å²) in [4.78, 5) is 13.0. The molecule has 3 N–H and O–H groups in total. The molecule has 1 saturated heterocycles. The molecule has 2 aliphatic rings. The third-order valence-electron chi connectivity index (χ3n) is 8.14. The molecule has 39 heavy (non-hydrogen) atoms. The molecule has 0 amide bonds. The minimum absolute atomic E-state index is 0.0378. The van der Waals surface area contributed by atoms with E-state index >= 15 is 0 Å². The maximum absolute atomic E-state index is 13.8. The molecule has 1 aromatic heterocycles. The van der Waals surface area contributed by atoms with Crippen LogP contribution in [0.4, 0.5) is 20.4 Å². The van der Waals surface area contributed by atoms with Crippen LogP contribution in [0.15, 0.2) is 46.6 Å². The number of nitrogens with two attached hydrogens (primary N) is 1. The molecule has 1 aromatic rings. The minimum atomic E-state index is -2.77. The van der Waals surface area contributed by atoms with Gasteiger partial charge in [-0.25, -0.2) is 23.8 Å². The predicted octanol–water partition coefficient (Wildman–Crippen LogP) is 6.70. The predicted molar refractivity (Wildman–Crippen MR) is 162 cm³/mol. The number of aromatic nitrogens is 1. The van der Waals surface area contributed by atoms with Gasteiger partial charge in [-0.15, -0.1) is 0 Å². The van der Waals surface area contributed by atoms with Gasteiger partial charge in [0.2, 0.25) is 5.92 Å². The van der Waals surface area contributed by atoms with Crippen LogP contribution in [0.25, 0.3) is 5.70 Å². The van der Waals surface area contributed by atoms with Crippen LogP contribution in [0, 0.1) is 5.41 Å². The Morgan fingerprint density at radius 3 is 2.56 bits per heavy atom. The number of hydrogen-bond acceptors (Lipinski definition) is 8. The second-order valence-corrected chi connectivity index (χ2v) is 12.8. The first-order valence-corrected chi connectivity index (χ1v) is 14.3. The largest absolute Gasteiger partial charge is 0.402 e. The first-order chi connectivity index (χ1) is 18.0. The van der Waals surface area contributed by atoms with Gasteiger partial charge in [-0.2, -0.15) is 0 Å². The lowest BCUT2D eigenvalue weighted by atomic mass is 9.81. The van der Waals surface area contributed by atoms with E-state index in [9.17, 15) is 8.78 Å². The van der Waals surface area contributed by atoms with Crippen LogP contribution in [0.5, 0.6) is 0 Å². The molecule has 0 bridgehead atoms. The Labute approximate surface area is 237 Å². The maximum atomic E-state index is 13.8. The molecule has 216 valence electrons. The standard InChI is InChI=1S/C29H45F2N7S/c1-20(35-39-24-19-36(8)37(9)21(24)2)23-11-12-25(34-26(23)38-18-10-15-28(38,5)6)33-17-14-22(32)13-16-27(3,4)29(7,30)31/h11-12,14,17,19,21,35H,1,10,13,15-16,18,32H2,2-9H3/b22-14-,33-17?. The highest BCUT2D eigenvalue weighted by molar-refractivity contribution is 8.01. The third kappa shape index (κ3) is 7.33. The molecule has 0 spiro atoms. The lowest BCUT2D eigenvalue weighted by molar-refractivity contribution is -0.0918. The second-order valence-electron chi connectivity index (χ2n) is 11.9. The number of hydrogen-bond donors (Lipinski definition) is 2. The van der Waals surface area contributed by atoms with E-state index < -0.39 is 11.3 Å². The number of nitrogens with zero attached hydrogens (tertiary/aromatic N) is 5. The van der Waals surface area contributed by atoms with Crippen LogP contribution < -0.4 is 15.4 Å². The van der Waals surface area contributed by atoms with Gasteiger partial charge in [0, 0.05) is 65.9 Å². The van der Waals surface area contributed by atoms with Crippen molar-refractivity contribution in [2.75, 3.05) is 25.5 Å². The molecule has 7 nitrogen and oxygen atoms in total. The summed E-state index contributed by atoms with van der Waals surface area (Å²) in [5.41, 5.74) is 7.14. The van der Waals surface area contributed by atoms with Crippen LogP contribution in [-0.4, -0.2) is 59.4 Å². The van der Waals surface area contributed by atoms with E-state index in [1.165, 1.54) is 4.91 Å². The van der Waals surface area contributed by atoms with Crippen LogP contribution in [0.3, 0.4) is 0 Å². The summed E-state index contributed by atoms with van der Waals surface area (Å²) in [7, 11) is 4.09. The summed E-state index contributed by atoms with van der Waals surface area (Å²) >= 11 is 1.57. The highest BCUT2D eigenvalue weighted by atomic mass is 32.2. The SMILES string of the molecule is C=C(NSC1=CN(C)N(C)C1C)c1ccc(N=C/C=C(\N)CCC(C)(C)C(C)(F)F)nc1N1CCCC1(C)C. The highest BCUT2D eigenvalue weighted by Gasteiger charge is 2.41. The number of nitrogens with one attached hydrogen (secondary N) is 1. The third-order valence-corrected chi connectivity index (χ3v) is 9.17. The zero-order valence-corrected chi connectivity index (χ0v) is 25.5. The molecule has 1 atom stereocenters. The molecule has 1 fully saturated rings. The molecule has 1 unspecified atom stereocenters. The lowest BCUT2D eigenvalue weighted by Crippen LogP contribution is -2.39. The number of aliphatic imine (C=N–C) groups is 1. The summed E-state index contributed by atoms with van der Waals surface area (Å²) in [6, 6.07) is 4.14. The fourth-order valence-corrected chi connectivity index (χ4v) is 5.43.